The molecule has 2 aliphatic rings. The van der Waals surface area contributed by atoms with Crippen molar-refractivity contribution in [2.75, 3.05) is 25.1 Å². The van der Waals surface area contributed by atoms with Gasteiger partial charge in [0.1, 0.15) is 13.2 Å². The fraction of sp³-hybridized carbons (Fsp3) is 0.600. The maximum Gasteiger partial charge on any atom is 0.163 e. The van der Waals surface area contributed by atoms with E-state index in [-0.39, 0.29) is 0 Å². The average molecular weight is 262 g/mol. The maximum absolute atomic E-state index is 5.60. The summed E-state index contributed by atoms with van der Waals surface area (Å²) in [6.45, 7) is 4.68. The van der Waals surface area contributed by atoms with Crippen LogP contribution in [-0.4, -0.2) is 31.8 Å². The Labute approximate surface area is 114 Å². The van der Waals surface area contributed by atoms with Crippen molar-refractivity contribution in [2.45, 2.75) is 38.3 Å². The molecule has 0 bridgehead atoms. The summed E-state index contributed by atoms with van der Waals surface area (Å²) in [6, 6.07) is 7.20. The maximum atomic E-state index is 5.60. The SMILES string of the molecule is CC(CC1CCCN1)Nc1ccc2c(c1)OCCO2. The molecular weight excluding hydrogens is 240 g/mol. The highest BCUT2D eigenvalue weighted by atomic mass is 16.6. The van der Waals surface area contributed by atoms with E-state index in [0.29, 0.717) is 25.3 Å². The van der Waals surface area contributed by atoms with Crippen LogP contribution in [-0.2, 0) is 0 Å². The van der Waals surface area contributed by atoms with Gasteiger partial charge in [0.25, 0.3) is 0 Å². The first-order valence-electron chi connectivity index (χ1n) is 7.21. The van der Waals surface area contributed by atoms with Crippen molar-refractivity contribution >= 4 is 5.69 Å². The van der Waals surface area contributed by atoms with Crippen LogP contribution >= 0.6 is 0 Å². The zero-order valence-corrected chi connectivity index (χ0v) is 11.4. The Morgan fingerprint density at radius 3 is 2.95 bits per heavy atom. The van der Waals surface area contributed by atoms with Gasteiger partial charge in [0.05, 0.1) is 0 Å². The molecule has 0 aliphatic carbocycles. The molecule has 0 amide bonds. The van der Waals surface area contributed by atoms with Crippen LogP contribution in [0.25, 0.3) is 0 Å². The minimum atomic E-state index is 0.457. The second-order valence-electron chi connectivity index (χ2n) is 5.43. The number of hydrogen-bond donors (Lipinski definition) is 2. The summed E-state index contributed by atoms with van der Waals surface area (Å²) in [7, 11) is 0. The highest BCUT2D eigenvalue weighted by Crippen LogP contribution is 2.32. The number of rotatable bonds is 4. The van der Waals surface area contributed by atoms with E-state index in [1.54, 1.807) is 0 Å². The zero-order valence-electron chi connectivity index (χ0n) is 11.4. The lowest BCUT2D eigenvalue weighted by atomic mass is 10.1. The van der Waals surface area contributed by atoms with Crippen LogP contribution in [0.5, 0.6) is 11.5 Å². The highest BCUT2D eigenvalue weighted by Gasteiger charge is 2.17. The molecule has 0 aromatic heterocycles. The predicted molar refractivity (Wildman–Crippen MR) is 76.2 cm³/mol. The molecule has 2 unspecified atom stereocenters. The molecule has 0 spiro atoms. The van der Waals surface area contributed by atoms with Crippen molar-refractivity contribution in [3.05, 3.63) is 18.2 Å². The molecule has 0 saturated carbocycles. The summed E-state index contributed by atoms with van der Waals surface area (Å²) in [4.78, 5) is 0. The third-order valence-corrected chi connectivity index (χ3v) is 3.76. The molecule has 104 valence electrons. The second kappa shape index (κ2) is 5.70. The van der Waals surface area contributed by atoms with E-state index in [1.807, 2.05) is 12.1 Å². The summed E-state index contributed by atoms with van der Waals surface area (Å²) in [6.07, 6.45) is 3.77. The average Bonchev–Trinajstić information content (AvgIpc) is 2.91. The first kappa shape index (κ1) is 12.6. The fourth-order valence-electron chi connectivity index (χ4n) is 2.86. The predicted octanol–water partition coefficient (Wildman–Crippen LogP) is 2.40. The van der Waals surface area contributed by atoms with Gasteiger partial charge in [-0.05, 0) is 44.9 Å². The molecule has 1 aromatic carbocycles. The molecule has 2 heterocycles. The first-order chi connectivity index (χ1) is 9.31. The van der Waals surface area contributed by atoms with E-state index < -0.39 is 0 Å². The summed E-state index contributed by atoms with van der Waals surface area (Å²) in [5, 5.41) is 7.08. The van der Waals surface area contributed by atoms with Gasteiger partial charge in [0, 0.05) is 23.8 Å². The number of hydrogen-bond acceptors (Lipinski definition) is 4. The van der Waals surface area contributed by atoms with Crippen LogP contribution in [0.15, 0.2) is 18.2 Å². The highest BCUT2D eigenvalue weighted by molar-refractivity contribution is 5.55. The Morgan fingerprint density at radius 2 is 2.16 bits per heavy atom. The quantitative estimate of drug-likeness (QED) is 0.874. The Kier molecular flexibility index (Phi) is 3.78. The molecule has 2 atom stereocenters. The van der Waals surface area contributed by atoms with Gasteiger partial charge in [0.15, 0.2) is 11.5 Å². The molecule has 0 radical (unpaired) electrons. The molecule has 2 N–H and O–H groups in total. The van der Waals surface area contributed by atoms with E-state index in [0.717, 1.165) is 23.6 Å². The summed E-state index contributed by atoms with van der Waals surface area (Å²) < 4.78 is 11.1. The van der Waals surface area contributed by atoms with E-state index >= 15 is 0 Å². The van der Waals surface area contributed by atoms with E-state index in [2.05, 4.69) is 23.6 Å². The molecule has 19 heavy (non-hydrogen) atoms. The lowest BCUT2D eigenvalue weighted by Gasteiger charge is -2.22. The Bertz CT molecular complexity index is 430. The van der Waals surface area contributed by atoms with Crippen LogP contribution in [0.2, 0.25) is 0 Å². The molecule has 1 saturated heterocycles. The minimum Gasteiger partial charge on any atom is -0.486 e. The Hall–Kier alpha value is -1.42. The molecule has 3 rings (SSSR count). The molecule has 1 fully saturated rings. The Balaban J connectivity index is 1.59. The lowest BCUT2D eigenvalue weighted by molar-refractivity contribution is 0.171. The van der Waals surface area contributed by atoms with Crippen molar-refractivity contribution in [1.29, 1.82) is 0 Å². The van der Waals surface area contributed by atoms with Gasteiger partial charge >= 0.3 is 0 Å². The van der Waals surface area contributed by atoms with Gasteiger partial charge in [0.2, 0.25) is 0 Å². The minimum absolute atomic E-state index is 0.457. The molecule has 4 heteroatoms. The van der Waals surface area contributed by atoms with Crippen molar-refractivity contribution in [2.24, 2.45) is 0 Å². The van der Waals surface area contributed by atoms with E-state index in [9.17, 15) is 0 Å². The summed E-state index contributed by atoms with van der Waals surface area (Å²) in [5.41, 5.74) is 1.11. The van der Waals surface area contributed by atoms with Gasteiger partial charge in [-0.15, -0.1) is 0 Å². The van der Waals surface area contributed by atoms with Crippen molar-refractivity contribution in [1.82, 2.24) is 5.32 Å². The van der Waals surface area contributed by atoms with Gasteiger partial charge in [-0.25, -0.2) is 0 Å². The van der Waals surface area contributed by atoms with Crippen LogP contribution in [0.4, 0.5) is 5.69 Å². The van der Waals surface area contributed by atoms with Crippen molar-refractivity contribution < 1.29 is 9.47 Å². The van der Waals surface area contributed by atoms with Crippen molar-refractivity contribution in [3.8, 4) is 11.5 Å². The molecule has 1 aromatic rings. The fourth-order valence-corrected chi connectivity index (χ4v) is 2.86. The van der Waals surface area contributed by atoms with Gasteiger partial charge in [-0.2, -0.15) is 0 Å². The smallest absolute Gasteiger partial charge is 0.163 e. The van der Waals surface area contributed by atoms with Crippen LogP contribution < -0.4 is 20.1 Å². The van der Waals surface area contributed by atoms with Gasteiger partial charge < -0.3 is 20.1 Å². The largest absolute Gasteiger partial charge is 0.486 e. The number of anilines is 1. The topological polar surface area (TPSA) is 42.5 Å². The first-order valence-corrected chi connectivity index (χ1v) is 7.21. The third-order valence-electron chi connectivity index (χ3n) is 3.76. The molecular formula is C15H22N2O2. The van der Waals surface area contributed by atoms with Crippen LogP contribution in [0.1, 0.15) is 26.2 Å². The van der Waals surface area contributed by atoms with E-state index in [4.69, 9.17) is 9.47 Å². The zero-order chi connectivity index (χ0) is 13.1. The summed E-state index contributed by atoms with van der Waals surface area (Å²) in [5.74, 6) is 1.70. The monoisotopic (exact) mass is 262 g/mol. The standard InChI is InChI=1S/C15H22N2O2/c1-11(9-12-3-2-6-16-12)17-13-4-5-14-15(10-13)19-8-7-18-14/h4-5,10-12,16-17H,2-3,6-9H2,1H3. The summed E-state index contributed by atoms with van der Waals surface area (Å²) >= 11 is 0. The second-order valence-corrected chi connectivity index (χ2v) is 5.43. The normalized spacial score (nSPS) is 23.1. The van der Waals surface area contributed by atoms with Crippen molar-refractivity contribution in [3.63, 3.8) is 0 Å². The Morgan fingerprint density at radius 1 is 1.32 bits per heavy atom. The van der Waals surface area contributed by atoms with Gasteiger partial charge in [-0.1, -0.05) is 0 Å². The van der Waals surface area contributed by atoms with E-state index in [1.165, 1.54) is 19.4 Å². The number of ether oxygens (including phenoxy) is 2. The lowest BCUT2D eigenvalue weighted by Crippen LogP contribution is -2.29. The third kappa shape index (κ3) is 3.13. The van der Waals surface area contributed by atoms with Crippen LogP contribution in [0, 0.1) is 0 Å². The van der Waals surface area contributed by atoms with Gasteiger partial charge in [-0.3, -0.25) is 0 Å². The number of benzene rings is 1. The molecule has 4 nitrogen and oxygen atoms in total. The molecule has 2 aliphatic heterocycles. The number of fused-ring (bicyclic) bond motifs is 1. The number of nitrogens with one attached hydrogen (secondary N) is 2. The van der Waals surface area contributed by atoms with Crippen LogP contribution in [0.3, 0.4) is 0 Å².